The highest BCUT2D eigenvalue weighted by Gasteiger charge is 2.20. The van der Waals surface area contributed by atoms with Crippen LogP contribution in [0.4, 0.5) is 0 Å². The molecule has 0 saturated carbocycles. The SMILES string of the molecule is CCCCCCCCCCCOP(=O)(O)OCCCCCCCN(CCCCCCCCCC)CCCCCCCCCC. The predicted octanol–water partition coefficient (Wildman–Crippen LogP) is 13.2. The van der Waals surface area contributed by atoms with Crippen molar-refractivity contribution in [1.82, 2.24) is 4.90 Å². The van der Waals surface area contributed by atoms with E-state index in [1.54, 1.807) is 0 Å². The van der Waals surface area contributed by atoms with Crippen LogP contribution in [0.3, 0.4) is 0 Å². The van der Waals surface area contributed by atoms with Crippen molar-refractivity contribution in [2.75, 3.05) is 32.8 Å². The lowest BCUT2D eigenvalue weighted by molar-refractivity contribution is 0.145. The molecular weight excluding hydrogens is 565 g/mol. The molecule has 0 aromatic rings. The first kappa shape index (κ1) is 44.1. The van der Waals surface area contributed by atoms with Crippen molar-refractivity contribution in [3.8, 4) is 0 Å². The Hall–Kier alpha value is 0.0700. The van der Waals surface area contributed by atoms with E-state index in [1.807, 2.05) is 0 Å². The van der Waals surface area contributed by atoms with Crippen LogP contribution in [-0.4, -0.2) is 42.6 Å². The Morgan fingerprint density at radius 2 is 0.614 bits per heavy atom. The van der Waals surface area contributed by atoms with Gasteiger partial charge in [0.2, 0.25) is 0 Å². The Morgan fingerprint density at radius 3 is 0.886 bits per heavy atom. The fraction of sp³-hybridized carbons (Fsp3) is 1.00. The van der Waals surface area contributed by atoms with Crippen LogP contribution < -0.4 is 0 Å². The van der Waals surface area contributed by atoms with E-state index in [9.17, 15) is 9.46 Å². The van der Waals surface area contributed by atoms with Crippen LogP contribution in [0.5, 0.6) is 0 Å². The second-order valence-electron chi connectivity index (χ2n) is 13.5. The van der Waals surface area contributed by atoms with E-state index in [2.05, 4.69) is 25.7 Å². The van der Waals surface area contributed by atoms with Gasteiger partial charge in [-0.05, 0) is 51.7 Å². The Balaban J connectivity index is 3.91. The molecule has 0 radical (unpaired) electrons. The number of hydrogen-bond donors (Lipinski definition) is 1. The molecule has 0 fully saturated rings. The lowest BCUT2D eigenvalue weighted by Gasteiger charge is -2.22. The van der Waals surface area contributed by atoms with Crippen LogP contribution in [0.25, 0.3) is 0 Å². The third-order valence-electron chi connectivity index (χ3n) is 9.03. The number of hydrogen-bond acceptors (Lipinski definition) is 4. The minimum Gasteiger partial charge on any atom is -0.303 e. The summed E-state index contributed by atoms with van der Waals surface area (Å²) in [5, 5.41) is 0. The van der Waals surface area contributed by atoms with Crippen LogP contribution in [0, 0.1) is 0 Å². The highest BCUT2D eigenvalue weighted by molar-refractivity contribution is 7.47. The van der Waals surface area contributed by atoms with E-state index < -0.39 is 7.82 Å². The highest BCUT2D eigenvalue weighted by atomic mass is 31.2. The molecule has 0 aliphatic heterocycles. The second kappa shape index (κ2) is 35.9. The van der Waals surface area contributed by atoms with Gasteiger partial charge in [0, 0.05) is 0 Å². The topological polar surface area (TPSA) is 59.0 Å². The van der Waals surface area contributed by atoms with Gasteiger partial charge in [0.1, 0.15) is 0 Å². The van der Waals surface area contributed by atoms with Crippen molar-refractivity contribution in [3.05, 3.63) is 0 Å². The third kappa shape index (κ3) is 34.9. The first-order chi connectivity index (χ1) is 21.6. The maximum atomic E-state index is 12.1. The van der Waals surface area contributed by atoms with Crippen molar-refractivity contribution < 1.29 is 18.5 Å². The van der Waals surface area contributed by atoms with E-state index in [0.717, 1.165) is 25.7 Å². The van der Waals surface area contributed by atoms with Crippen molar-refractivity contribution in [3.63, 3.8) is 0 Å². The normalized spacial score (nSPS) is 13.2. The monoisotopic (exact) mass is 646 g/mol. The fourth-order valence-corrected chi connectivity index (χ4v) is 6.85. The number of rotatable bonds is 38. The molecule has 0 aromatic heterocycles. The molecule has 5 nitrogen and oxygen atoms in total. The van der Waals surface area contributed by atoms with Gasteiger partial charge in [0.25, 0.3) is 0 Å². The molecule has 1 atom stereocenters. The molecule has 0 bridgehead atoms. The van der Waals surface area contributed by atoms with Crippen LogP contribution in [0.1, 0.15) is 213 Å². The smallest absolute Gasteiger partial charge is 0.303 e. The van der Waals surface area contributed by atoms with Crippen LogP contribution in [0.15, 0.2) is 0 Å². The molecule has 0 amide bonds. The number of unbranched alkanes of at least 4 members (excludes halogenated alkanes) is 26. The lowest BCUT2D eigenvalue weighted by Crippen LogP contribution is -2.27. The van der Waals surface area contributed by atoms with E-state index in [-0.39, 0.29) is 0 Å². The minimum absolute atomic E-state index is 0.314. The van der Waals surface area contributed by atoms with Crippen LogP contribution in [0.2, 0.25) is 0 Å². The number of phosphoric ester groups is 1. The van der Waals surface area contributed by atoms with E-state index in [4.69, 9.17) is 9.05 Å². The van der Waals surface area contributed by atoms with Crippen LogP contribution >= 0.6 is 7.82 Å². The molecule has 0 spiro atoms. The van der Waals surface area contributed by atoms with Crippen molar-refractivity contribution in [2.24, 2.45) is 0 Å². The summed E-state index contributed by atoms with van der Waals surface area (Å²) < 4.78 is 22.5. The third-order valence-corrected chi connectivity index (χ3v) is 10.0. The number of nitrogens with zero attached hydrogens (tertiary/aromatic N) is 1. The molecule has 0 aliphatic carbocycles. The maximum Gasteiger partial charge on any atom is 0.472 e. The highest BCUT2D eigenvalue weighted by Crippen LogP contribution is 2.43. The van der Waals surface area contributed by atoms with Gasteiger partial charge in [-0.25, -0.2) is 4.57 Å². The fourth-order valence-electron chi connectivity index (χ4n) is 6.05. The van der Waals surface area contributed by atoms with Gasteiger partial charge in [-0.3, -0.25) is 9.05 Å². The standard InChI is InChI=1S/C38H80NO4P/c1-4-7-10-13-16-19-22-27-32-37-42-44(40,41)43-38-33-28-23-26-31-36-39(34-29-24-20-17-14-11-8-5-2)35-30-25-21-18-15-12-9-6-3/h4-38H2,1-3H3,(H,40,41). The summed E-state index contributed by atoms with van der Waals surface area (Å²) in [6.45, 7) is 11.2. The summed E-state index contributed by atoms with van der Waals surface area (Å²) in [6.07, 6.45) is 38.7. The van der Waals surface area contributed by atoms with Gasteiger partial charge < -0.3 is 9.79 Å². The molecule has 0 rings (SSSR count). The molecule has 0 aliphatic rings. The van der Waals surface area contributed by atoms with Gasteiger partial charge in [0.15, 0.2) is 0 Å². The first-order valence-corrected chi connectivity index (χ1v) is 21.4. The second-order valence-corrected chi connectivity index (χ2v) is 15.0. The summed E-state index contributed by atoms with van der Waals surface area (Å²) in [7, 11) is -3.89. The van der Waals surface area contributed by atoms with Crippen molar-refractivity contribution in [2.45, 2.75) is 213 Å². The zero-order valence-corrected chi connectivity index (χ0v) is 31.2. The molecule has 0 saturated heterocycles. The molecule has 0 aromatic carbocycles. The van der Waals surface area contributed by atoms with Gasteiger partial charge in [-0.2, -0.15) is 0 Å². The largest absolute Gasteiger partial charge is 0.472 e. The molecule has 1 N–H and O–H groups in total. The van der Waals surface area contributed by atoms with E-state index in [1.165, 1.54) is 187 Å². The van der Waals surface area contributed by atoms with Gasteiger partial charge in [-0.15, -0.1) is 0 Å². The summed E-state index contributed by atoms with van der Waals surface area (Å²) in [5.74, 6) is 0. The Morgan fingerprint density at radius 1 is 0.386 bits per heavy atom. The van der Waals surface area contributed by atoms with Gasteiger partial charge in [-0.1, -0.05) is 181 Å². The van der Waals surface area contributed by atoms with E-state index >= 15 is 0 Å². The average molecular weight is 646 g/mol. The average Bonchev–Trinajstić information content (AvgIpc) is 3.01. The zero-order chi connectivity index (χ0) is 32.2. The zero-order valence-electron chi connectivity index (χ0n) is 30.3. The summed E-state index contributed by atoms with van der Waals surface area (Å²) >= 11 is 0. The molecule has 0 heterocycles. The first-order valence-electron chi connectivity index (χ1n) is 19.9. The van der Waals surface area contributed by atoms with Crippen LogP contribution in [-0.2, 0) is 13.6 Å². The molecule has 266 valence electrons. The predicted molar refractivity (Wildman–Crippen MR) is 194 cm³/mol. The quantitative estimate of drug-likeness (QED) is 0.0535. The summed E-state index contributed by atoms with van der Waals surface area (Å²) in [6, 6.07) is 0. The van der Waals surface area contributed by atoms with Crippen molar-refractivity contribution in [1.29, 1.82) is 0 Å². The molecule has 6 heteroatoms. The Bertz CT molecular complexity index is 571. The summed E-state index contributed by atoms with van der Waals surface area (Å²) in [4.78, 5) is 12.7. The van der Waals surface area contributed by atoms with Gasteiger partial charge >= 0.3 is 7.82 Å². The lowest BCUT2D eigenvalue weighted by atomic mass is 10.1. The minimum atomic E-state index is -3.89. The number of phosphoric acid groups is 1. The maximum absolute atomic E-state index is 12.1. The van der Waals surface area contributed by atoms with Crippen molar-refractivity contribution >= 4 is 7.82 Å². The molecule has 1 unspecified atom stereocenters. The Kier molecular flexibility index (Phi) is 36.0. The van der Waals surface area contributed by atoms with Gasteiger partial charge in [0.05, 0.1) is 13.2 Å². The molecule has 44 heavy (non-hydrogen) atoms. The molecular formula is C38H80NO4P. The van der Waals surface area contributed by atoms with E-state index in [0.29, 0.717) is 13.2 Å². The summed E-state index contributed by atoms with van der Waals surface area (Å²) in [5.41, 5.74) is 0. The Labute approximate surface area is 277 Å².